The zero-order valence-corrected chi connectivity index (χ0v) is 10.8. The molecule has 2 nitrogen and oxygen atoms in total. The van der Waals surface area contributed by atoms with E-state index in [0.717, 1.165) is 0 Å². The van der Waals surface area contributed by atoms with Gasteiger partial charge in [0, 0.05) is 28.8 Å². The van der Waals surface area contributed by atoms with E-state index in [1.165, 1.54) is 42.3 Å². The first kappa shape index (κ1) is 12.0. The molecule has 2 heteroatoms. The second-order valence-corrected chi connectivity index (χ2v) is 4.67. The van der Waals surface area contributed by atoms with Crippen LogP contribution in [0.15, 0.2) is 30.5 Å². The highest BCUT2D eigenvalue weighted by molar-refractivity contribution is 5.82. The van der Waals surface area contributed by atoms with Crippen LogP contribution in [0.25, 0.3) is 10.9 Å². The smallest absolute Gasteiger partial charge is 0.0455 e. The minimum absolute atomic E-state index is 0.603. The van der Waals surface area contributed by atoms with Gasteiger partial charge in [-0.2, -0.15) is 0 Å². The van der Waals surface area contributed by atoms with Gasteiger partial charge in [-0.3, -0.25) is 0 Å². The molecule has 0 bridgehead atoms. The minimum Gasteiger partial charge on any atom is -0.382 e. The monoisotopic (exact) mass is 230 g/mol. The Balaban J connectivity index is 2.05. The molecular formula is C15H22N2. The van der Waals surface area contributed by atoms with Crippen LogP contribution >= 0.6 is 0 Å². The zero-order valence-electron chi connectivity index (χ0n) is 10.8. The molecular weight excluding hydrogens is 208 g/mol. The van der Waals surface area contributed by atoms with Crippen LogP contribution in [0.1, 0.15) is 39.5 Å². The SMILES string of the molecule is CCCCC(CC)Nc1ccc2[nH]ccc2c1. The van der Waals surface area contributed by atoms with Crippen molar-refractivity contribution in [3.63, 3.8) is 0 Å². The molecule has 92 valence electrons. The number of anilines is 1. The van der Waals surface area contributed by atoms with E-state index in [0.29, 0.717) is 6.04 Å². The van der Waals surface area contributed by atoms with Crippen LogP contribution in [0.2, 0.25) is 0 Å². The van der Waals surface area contributed by atoms with Crippen molar-refractivity contribution in [1.82, 2.24) is 4.98 Å². The fraction of sp³-hybridized carbons (Fsp3) is 0.467. The molecule has 1 atom stereocenters. The van der Waals surface area contributed by atoms with Gasteiger partial charge in [-0.25, -0.2) is 0 Å². The van der Waals surface area contributed by atoms with Crippen molar-refractivity contribution in [2.45, 2.75) is 45.6 Å². The molecule has 0 amide bonds. The van der Waals surface area contributed by atoms with E-state index in [2.05, 4.69) is 48.4 Å². The van der Waals surface area contributed by atoms with Crippen LogP contribution < -0.4 is 5.32 Å². The average Bonchev–Trinajstić information content (AvgIpc) is 2.81. The Morgan fingerprint density at radius 2 is 2.12 bits per heavy atom. The predicted molar refractivity (Wildman–Crippen MR) is 75.5 cm³/mol. The van der Waals surface area contributed by atoms with Crippen LogP contribution in [0.5, 0.6) is 0 Å². The molecule has 2 N–H and O–H groups in total. The molecule has 0 fully saturated rings. The van der Waals surface area contributed by atoms with E-state index in [-0.39, 0.29) is 0 Å². The van der Waals surface area contributed by atoms with Crippen LogP contribution in [0, 0.1) is 0 Å². The Morgan fingerprint density at radius 1 is 1.24 bits per heavy atom. The molecule has 1 aromatic heterocycles. The van der Waals surface area contributed by atoms with E-state index in [9.17, 15) is 0 Å². The normalized spacial score (nSPS) is 12.8. The molecule has 0 saturated carbocycles. The summed E-state index contributed by atoms with van der Waals surface area (Å²) in [4.78, 5) is 3.22. The Morgan fingerprint density at radius 3 is 2.88 bits per heavy atom. The third-order valence-electron chi connectivity index (χ3n) is 3.32. The first-order valence-electron chi connectivity index (χ1n) is 6.67. The number of fused-ring (bicyclic) bond motifs is 1. The lowest BCUT2D eigenvalue weighted by Crippen LogP contribution is -2.18. The number of benzene rings is 1. The van der Waals surface area contributed by atoms with Gasteiger partial charge in [-0.05, 0) is 37.1 Å². The second kappa shape index (κ2) is 5.76. The Bertz CT molecular complexity index is 459. The van der Waals surface area contributed by atoms with Gasteiger partial charge in [-0.1, -0.05) is 26.7 Å². The van der Waals surface area contributed by atoms with E-state index >= 15 is 0 Å². The molecule has 1 aromatic carbocycles. The van der Waals surface area contributed by atoms with E-state index < -0.39 is 0 Å². The van der Waals surface area contributed by atoms with Crippen molar-refractivity contribution >= 4 is 16.6 Å². The molecule has 0 aliphatic heterocycles. The number of aromatic nitrogens is 1. The molecule has 0 aliphatic carbocycles. The summed E-state index contributed by atoms with van der Waals surface area (Å²) < 4.78 is 0. The second-order valence-electron chi connectivity index (χ2n) is 4.67. The van der Waals surface area contributed by atoms with E-state index in [1.807, 2.05) is 6.20 Å². The van der Waals surface area contributed by atoms with Gasteiger partial charge >= 0.3 is 0 Å². The summed E-state index contributed by atoms with van der Waals surface area (Å²) in [6.07, 6.45) is 7.01. The molecule has 2 rings (SSSR count). The number of unbranched alkanes of at least 4 members (excludes halogenated alkanes) is 1. The summed E-state index contributed by atoms with van der Waals surface area (Å²) >= 11 is 0. The number of aromatic amines is 1. The van der Waals surface area contributed by atoms with Gasteiger partial charge in [-0.15, -0.1) is 0 Å². The van der Waals surface area contributed by atoms with Crippen LogP contribution in [0.4, 0.5) is 5.69 Å². The zero-order chi connectivity index (χ0) is 12.1. The lowest BCUT2D eigenvalue weighted by molar-refractivity contribution is 0.593. The van der Waals surface area contributed by atoms with Crippen molar-refractivity contribution in [3.05, 3.63) is 30.5 Å². The van der Waals surface area contributed by atoms with Crippen LogP contribution in [-0.4, -0.2) is 11.0 Å². The first-order chi connectivity index (χ1) is 8.33. The van der Waals surface area contributed by atoms with Crippen molar-refractivity contribution in [2.75, 3.05) is 5.32 Å². The molecule has 1 heterocycles. The standard InChI is InChI=1S/C15H22N2/c1-3-5-6-13(4-2)17-14-7-8-15-12(11-14)9-10-16-15/h7-11,13,16-17H,3-6H2,1-2H3. The largest absolute Gasteiger partial charge is 0.382 e. The van der Waals surface area contributed by atoms with Crippen LogP contribution in [-0.2, 0) is 0 Å². The first-order valence-corrected chi connectivity index (χ1v) is 6.67. The highest BCUT2D eigenvalue weighted by Gasteiger charge is 2.05. The van der Waals surface area contributed by atoms with Gasteiger partial charge in [0.25, 0.3) is 0 Å². The fourth-order valence-electron chi connectivity index (χ4n) is 2.21. The van der Waals surface area contributed by atoms with Gasteiger partial charge in [0.2, 0.25) is 0 Å². The van der Waals surface area contributed by atoms with Crippen molar-refractivity contribution in [1.29, 1.82) is 0 Å². The molecule has 1 unspecified atom stereocenters. The summed E-state index contributed by atoms with van der Waals surface area (Å²) in [5.41, 5.74) is 2.44. The number of rotatable bonds is 6. The Hall–Kier alpha value is -1.44. The number of nitrogens with one attached hydrogen (secondary N) is 2. The maximum Gasteiger partial charge on any atom is 0.0455 e. The molecule has 17 heavy (non-hydrogen) atoms. The third-order valence-corrected chi connectivity index (χ3v) is 3.32. The van der Waals surface area contributed by atoms with Gasteiger partial charge in [0.05, 0.1) is 0 Å². The van der Waals surface area contributed by atoms with Crippen LogP contribution in [0.3, 0.4) is 0 Å². The van der Waals surface area contributed by atoms with Crippen molar-refractivity contribution in [2.24, 2.45) is 0 Å². The highest BCUT2D eigenvalue weighted by Crippen LogP contribution is 2.20. The lowest BCUT2D eigenvalue weighted by Gasteiger charge is -2.18. The minimum atomic E-state index is 0.603. The predicted octanol–water partition coefficient (Wildman–Crippen LogP) is 4.55. The summed E-state index contributed by atoms with van der Waals surface area (Å²) in [5.74, 6) is 0. The molecule has 0 aliphatic rings. The van der Waals surface area contributed by atoms with Crippen molar-refractivity contribution in [3.8, 4) is 0 Å². The Kier molecular flexibility index (Phi) is 4.08. The molecule has 0 spiro atoms. The quantitative estimate of drug-likeness (QED) is 0.748. The molecule has 0 saturated heterocycles. The maximum absolute atomic E-state index is 3.63. The average molecular weight is 230 g/mol. The van der Waals surface area contributed by atoms with E-state index in [4.69, 9.17) is 0 Å². The summed E-state index contributed by atoms with van der Waals surface area (Å²) in [5, 5.41) is 4.91. The molecule has 2 aromatic rings. The summed E-state index contributed by atoms with van der Waals surface area (Å²) in [7, 11) is 0. The summed E-state index contributed by atoms with van der Waals surface area (Å²) in [6, 6.07) is 9.25. The maximum atomic E-state index is 3.63. The molecule has 0 radical (unpaired) electrons. The van der Waals surface area contributed by atoms with E-state index in [1.54, 1.807) is 0 Å². The number of hydrogen-bond donors (Lipinski definition) is 2. The number of H-pyrrole nitrogens is 1. The Labute approximate surface area is 103 Å². The number of hydrogen-bond acceptors (Lipinski definition) is 1. The highest BCUT2D eigenvalue weighted by atomic mass is 14.9. The van der Waals surface area contributed by atoms with Gasteiger partial charge in [0.1, 0.15) is 0 Å². The lowest BCUT2D eigenvalue weighted by atomic mass is 10.1. The van der Waals surface area contributed by atoms with Gasteiger partial charge < -0.3 is 10.3 Å². The topological polar surface area (TPSA) is 27.8 Å². The van der Waals surface area contributed by atoms with Crippen molar-refractivity contribution < 1.29 is 0 Å². The third kappa shape index (κ3) is 3.02. The summed E-state index contributed by atoms with van der Waals surface area (Å²) in [6.45, 7) is 4.50. The van der Waals surface area contributed by atoms with Gasteiger partial charge in [0.15, 0.2) is 0 Å². The fourth-order valence-corrected chi connectivity index (χ4v) is 2.21.